The van der Waals surface area contributed by atoms with Gasteiger partial charge < -0.3 is 14.9 Å². The number of alkyl halides is 3. The molecule has 33 heavy (non-hydrogen) atoms. The van der Waals surface area contributed by atoms with Gasteiger partial charge in [0, 0.05) is 37.3 Å². The van der Waals surface area contributed by atoms with Crippen LogP contribution in [0.3, 0.4) is 0 Å². The molecule has 172 valence electrons. The maximum Gasteiger partial charge on any atom is 0.437 e. The molecule has 0 bridgehead atoms. The van der Waals surface area contributed by atoms with E-state index in [1.165, 1.54) is 17.3 Å². The first-order valence-corrected chi connectivity index (χ1v) is 9.58. The van der Waals surface area contributed by atoms with E-state index in [0.29, 0.717) is 39.8 Å². The number of fused-ring (bicyclic) bond motifs is 1. The lowest BCUT2D eigenvalue weighted by Crippen LogP contribution is -2.24. The van der Waals surface area contributed by atoms with Crippen LogP contribution in [-0.2, 0) is 19.8 Å². The normalized spacial score (nSPS) is 11.5. The van der Waals surface area contributed by atoms with Gasteiger partial charge in [0.05, 0.1) is 11.2 Å². The first kappa shape index (κ1) is 22.1. The van der Waals surface area contributed by atoms with Gasteiger partial charge in [-0.25, -0.2) is 14.8 Å². The summed E-state index contributed by atoms with van der Waals surface area (Å²) in [5.41, 5.74) is 0.302. The second kappa shape index (κ2) is 8.78. The number of halogens is 3. The Hall–Kier alpha value is -4.13. The van der Waals surface area contributed by atoms with E-state index in [1.807, 2.05) is 0 Å². The largest absolute Gasteiger partial charge is 0.439 e. The Bertz CT molecular complexity index is 1300. The molecule has 4 aromatic rings. The van der Waals surface area contributed by atoms with Gasteiger partial charge in [0.15, 0.2) is 5.82 Å². The van der Waals surface area contributed by atoms with Crippen molar-refractivity contribution in [1.29, 1.82) is 0 Å². The second-order valence-electron chi connectivity index (χ2n) is 6.88. The number of benzene rings is 1. The first-order chi connectivity index (χ1) is 15.7. The maximum absolute atomic E-state index is 12.9. The Kier molecular flexibility index (Phi) is 5.87. The van der Waals surface area contributed by atoms with Crippen molar-refractivity contribution < 1.29 is 27.5 Å². The summed E-state index contributed by atoms with van der Waals surface area (Å²) in [4.78, 5) is 25.5. The van der Waals surface area contributed by atoms with E-state index in [2.05, 4.69) is 25.7 Å². The highest BCUT2D eigenvalue weighted by Crippen LogP contribution is 2.30. The SMILES string of the molecule is CNCc1cc(Oc2ccc3c(ccn3OC(=O)Nc3cc(C(F)(F)F)n(C)n3)c2)ncn1. The molecule has 0 saturated carbocycles. The Labute approximate surface area is 184 Å². The number of nitrogens with one attached hydrogen (secondary N) is 2. The molecule has 0 aliphatic heterocycles. The van der Waals surface area contributed by atoms with Crippen LogP contribution in [0.25, 0.3) is 10.9 Å². The predicted molar refractivity (Wildman–Crippen MR) is 111 cm³/mol. The van der Waals surface area contributed by atoms with Gasteiger partial charge in [-0.05, 0) is 31.3 Å². The molecule has 13 heteroatoms. The van der Waals surface area contributed by atoms with Gasteiger partial charge in [0.1, 0.15) is 17.8 Å². The summed E-state index contributed by atoms with van der Waals surface area (Å²) in [7, 11) is 2.93. The van der Waals surface area contributed by atoms with Crippen molar-refractivity contribution in [2.24, 2.45) is 7.05 Å². The van der Waals surface area contributed by atoms with E-state index >= 15 is 0 Å². The predicted octanol–water partition coefficient (Wildman–Crippen LogP) is 3.36. The van der Waals surface area contributed by atoms with Crippen molar-refractivity contribution >= 4 is 22.8 Å². The molecule has 0 unspecified atom stereocenters. The molecule has 0 spiro atoms. The summed E-state index contributed by atoms with van der Waals surface area (Å²) < 4.78 is 46.2. The molecule has 10 nitrogen and oxygen atoms in total. The quantitative estimate of drug-likeness (QED) is 0.453. The fourth-order valence-corrected chi connectivity index (χ4v) is 3.08. The maximum atomic E-state index is 12.9. The summed E-state index contributed by atoms with van der Waals surface area (Å²) in [6.07, 6.45) is -2.70. The van der Waals surface area contributed by atoms with Crippen LogP contribution < -0.4 is 20.2 Å². The van der Waals surface area contributed by atoms with Crippen LogP contribution in [0, 0.1) is 0 Å². The van der Waals surface area contributed by atoms with Gasteiger partial charge in [-0.3, -0.25) is 10.00 Å². The highest BCUT2D eigenvalue weighted by Gasteiger charge is 2.35. The number of hydrogen-bond acceptors (Lipinski definition) is 7. The summed E-state index contributed by atoms with van der Waals surface area (Å²) >= 11 is 0. The van der Waals surface area contributed by atoms with Crippen molar-refractivity contribution in [2.45, 2.75) is 12.7 Å². The molecule has 3 heterocycles. The van der Waals surface area contributed by atoms with Crippen LogP contribution in [0.5, 0.6) is 11.6 Å². The average molecular weight is 461 g/mol. The lowest BCUT2D eigenvalue weighted by molar-refractivity contribution is -0.143. The zero-order valence-electron chi connectivity index (χ0n) is 17.4. The minimum atomic E-state index is -4.60. The van der Waals surface area contributed by atoms with E-state index in [1.54, 1.807) is 37.4 Å². The lowest BCUT2D eigenvalue weighted by Gasteiger charge is -2.08. The van der Waals surface area contributed by atoms with E-state index in [9.17, 15) is 18.0 Å². The number of aryl methyl sites for hydroxylation is 1. The Balaban J connectivity index is 1.45. The van der Waals surface area contributed by atoms with E-state index < -0.39 is 18.0 Å². The fourth-order valence-electron chi connectivity index (χ4n) is 3.08. The van der Waals surface area contributed by atoms with Crippen LogP contribution in [-0.4, -0.2) is 37.6 Å². The molecule has 0 aliphatic carbocycles. The summed E-state index contributed by atoms with van der Waals surface area (Å²) in [5.74, 6) is 0.592. The molecule has 0 aliphatic rings. The molecular weight excluding hydrogens is 443 g/mol. The van der Waals surface area contributed by atoms with Gasteiger partial charge in [-0.2, -0.15) is 23.0 Å². The van der Waals surface area contributed by atoms with Gasteiger partial charge in [0.25, 0.3) is 0 Å². The molecule has 2 N–H and O–H groups in total. The van der Waals surface area contributed by atoms with Gasteiger partial charge in [-0.15, -0.1) is 0 Å². The first-order valence-electron chi connectivity index (χ1n) is 9.58. The summed E-state index contributed by atoms with van der Waals surface area (Å²) in [5, 5.41) is 9.49. The molecule has 1 aromatic carbocycles. The highest BCUT2D eigenvalue weighted by molar-refractivity contribution is 5.86. The fraction of sp³-hybridized carbons (Fsp3) is 0.200. The molecule has 0 atom stereocenters. The number of aromatic nitrogens is 5. The smallest absolute Gasteiger partial charge is 0.437 e. The average Bonchev–Trinajstić information content (AvgIpc) is 3.31. The summed E-state index contributed by atoms with van der Waals surface area (Å²) in [6.45, 7) is 0.566. The van der Waals surface area contributed by atoms with Gasteiger partial charge >= 0.3 is 12.3 Å². The number of hydrogen-bond donors (Lipinski definition) is 2. The van der Waals surface area contributed by atoms with Crippen molar-refractivity contribution in [3.05, 3.63) is 60.3 Å². The number of carbonyl (C=O) groups excluding carboxylic acids is 1. The number of nitrogens with zero attached hydrogens (tertiary/aromatic N) is 5. The number of anilines is 1. The monoisotopic (exact) mass is 461 g/mol. The molecule has 0 saturated heterocycles. The minimum absolute atomic E-state index is 0.288. The zero-order valence-corrected chi connectivity index (χ0v) is 17.4. The second-order valence-corrected chi connectivity index (χ2v) is 6.88. The van der Waals surface area contributed by atoms with Crippen LogP contribution in [0.1, 0.15) is 11.4 Å². The number of carbonyl (C=O) groups is 1. The lowest BCUT2D eigenvalue weighted by atomic mass is 10.2. The molecular formula is C20H18F3N7O3. The van der Waals surface area contributed by atoms with Crippen molar-refractivity contribution in [2.75, 3.05) is 12.4 Å². The Morgan fingerprint density at radius 3 is 2.70 bits per heavy atom. The molecule has 4 rings (SSSR count). The van der Waals surface area contributed by atoms with E-state index in [0.717, 1.165) is 12.7 Å². The molecule has 1 amide bonds. The van der Waals surface area contributed by atoms with Gasteiger partial charge in [0.2, 0.25) is 5.88 Å². The van der Waals surface area contributed by atoms with Crippen LogP contribution in [0.4, 0.5) is 23.8 Å². The number of ether oxygens (including phenoxy) is 1. The zero-order chi connectivity index (χ0) is 23.6. The third-order valence-corrected chi connectivity index (χ3v) is 4.49. The van der Waals surface area contributed by atoms with Crippen LogP contribution in [0.2, 0.25) is 0 Å². The van der Waals surface area contributed by atoms with E-state index in [4.69, 9.17) is 9.57 Å². The molecule has 0 fully saturated rings. The van der Waals surface area contributed by atoms with Crippen molar-refractivity contribution in [3.63, 3.8) is 0 Å². The third kappa shape index (κ3) is 5.03. The Morgan fingerprint density at radius 2 is 1.97 bits per heavy atom. The Morgan fingerprint density at radius 1 is 1.15 bits per heavy atom. The van der Waals surface area contributed by atoms with Crippen molar-refractivity contribution in [1.82, 2.24) is 29.8 Å². The van der Waals surface area contributed by atoms with Crippen LogP contribution in [0.15, 0.2) is 48.9 Å². The number of amides is 1. The summed E-state index contributed by atoms with van der Waals surface area (Å²) in [6, 6.07) is 9.16. The van der Waals surface area contributed by atoms with Crippen LogP contribution >= 0.6 is 0 Å². The third-order valence-electron chi connectivity index (χ3n) is 4.49. The standard InChI is InChI=1S/C20H18F3N7O3/c1-24-10-13-8-18(26-11-25-13)32-14-3-4-15-12(7-14)5-6-30(15)33-19(31)27-17-9-16(20(21,22)23)29(2)28-17/h3-9,11,24H,10H2,1-2H3,(H,27,28,31). The van der Waals surface area contributed by atoms with Gasteiger partial charge in [-0.1, -0.05) is 0 Å². The van der Waals surface area contributed by atoms with Crippen molar-refractivity contribution in [3.8, 4) is 11.6 Å². The highest BCUT2D eigenvalue weighted by atomic mass is 19.4. The van der Waals surface area contributed by atoms with E-state index in [-0.39, 0.29) is 5.82 Å². The molecule has 3 aromatic heterocycles. The number of rotatable bonds is 6. The molecule has 0 radical (unpaired) electrons. The minimum Gasteiger partial charge on any atom is -0.439 e. The topological polar surface area (TPSA) is 108 Å².